The Morgan fingerprint density at radius 2 is 2.05 bits per heavy atom. The summed E-state index contributed by atoms with van der Waals surface area (Å²) in [6.45, 7) is 6.95. The van der Waals surface area contributed by atoms with E-state index in [0.717, 1.165) is 22.8 Å². The zero-order valence-electron chi connectivity index (χ0n) is 11.5. The van der Waals surface area contributed by atoms with Crippen LogP contribution in [-0.4, -0.2) is 11.5 Å². The largest absolute Gasteiger partial charge is 0.309 e. The van der Waals surface area contributed by atoms with Crippen LogP contribution in [0.2, 0.25) is 0 Å². The van der Waals surface area contributed by atoms with Crippen molar-refractivity contribution < 1.29 is 4.39 Å². The highest BCUT2D eigenvalue weighted by Crippen LogP contribution is 2.28. The number of likely N-dealkylation sites (N-methyl/N-ethyl adjacent to an activating group) is 1. The van der Waals surface area contributed by atoms with Crippen molar-refractivity contribution in [3.8, 4) is 0 Å². The Balaban J connectivity index is 2.26. The van der Waals surface area contributed by atoms with Gasteiger partial charge in [0, 0.05) is 10.9 Å². The minimum atomic E-state index is -0.135. The molecule has 0 aliphatic carbocycles. The van der Waals surface area contributed by atoms with E-state index in [1.165, 1.54) is 10.9 Å². The quantitative estimate of drug-likeness (QED) is 0.900. The zero-order valence-corrected chi connectivity index (χ0v) is 12.4. The number of hydrogen-bond donors (Lipinski definition) is 1. The molecule has 0 amide bonds. The minimum absolute atomic E-state index is 0.132. The van der Waals surface area contributed by atoms with Crippen LogP contribution in [0.5, 0.6) is 0 Å². The lowest BCUT2D eigenvalue weighted by atomic mass is 10.0. The number of nitrogens with one attached hydrogen (secondary N) is 1. The second kappa shape index (κ2) is 6.26. The summed E-state index contributed by atoms with van der Waals surface area (Å²) in [6.07, 6.45) is 0.656. The molecule has 0 saturated heterocycles. The first-order valence-electron chi connectivity index (χ1n) is 6.52. The lowest BCUT2D eigenvalue weighted by Crippen LogP contribution is -2.23. The minimum Gasteiger partial charge on any atom is -0.309 e. The van der Waals surface area contributed by atoms with Gasteiger partial charge in [0.25, 0.3) is 0 Å². The fraction of sp³-hybridized carbons (Fsp3) is 0.400. The fourth-order valence-corrected chi connectivity index (χ4v) is 3.26. The van der Waals surface area contributed by atoms with Crippen molar-refractivity contribution in [1.29, 1.82) is 0 Å². The molecule has 1 aromatic carbocycles. The predicted molar refractivity (Wildman–Crippen MR) is 78.1 cm³/mol. The van der Waals surface area contributed by atoms with Crippen LogP contribution in [0.4, 0.5) is 4.39 Å². The molecule has 2 nitrogen and oxygen atoms in total. The van der Waals surface area contributed by atoms with Gasteiger partial charge in [0.05, 0.1) is 10.7 Å². The molecule has 0 saturated carbocycles. The Labute approximate surface area is 117 Å². The maximum Gasteiger partial charge on any atom is 0.126 e. The Morgan fingerprint density at radius 3 is 2.63 bits per heavy atom. The first-order valence-corrected chi connectivity index (χ1v) is 7.34. The molecule has 0 aliphatic heterocycles. The molecule has 0 bridgehead atoms. The topological polar surface area (TPSA) is 24.9 Å². The van der Waals surface area contributed by atoms with Crippen molar-refractivity contribution in [3.63, 3.8) is 0 Å². The van der Waals surface area contributed by atoms with Crippen molar-refractivity contribution in [2.75, 3.05) is 6.54 Å². The highest BCUT2D eigenvalue weighted by atomic mass is 32.1. The summed E-state index contributed by atoms with van der Waals surface area (Å²) in [6, 6.07) is 7.11. The first kappa shape index (κ1) is 14.2. The molecule has 0 aliphatic rings. The maximum atomic E-state index is 13.8. The van der Waals surface area contributed by atoms with Crippen LogP contribution in [0.1, 0.15) is 34.1 Å². The van der Waals surface area contributed by atoms with Crippen LogP contribution >= 0.6 is 11.3 Å². The molecule has 1 atom stereocenters. The van der Waals surface area contributed by atoms with Gasteiger partial charge in [0.15, 0.2) is 0 Å². The van der Waals surface area contributed by atoms with Gasteiger partial charge in [-0.1, -0.05) is 25.1 Å². The summed E-state index contributed by atoms with van der Waals surface area (Å²) in [5.74, 6) is -0.135. The van der Waals surface area contributed by atoms with Gasteiger partial charge >= 0.3 is 0 Å². The average molecular weight is 278 g/mol. The molecule has 4 heteroatoms. The number of nitrogens with zero attached hydrogens (tertiary/aromatic N) is 1. The van der Waals surface area contributed by atoms with Crippen molar-refractivity contribution >= 4 is 11.3 Å². The number of aromatic nitrogens is 1. The summed E-state index contributed by atoms with van der Waals surface area (Å²) < 4.78 is 13.8. The molecule has 1 aromatic heterocycles. The third-order valence-corrected chi connectivity index (χ3v) is 4.27. The number of hydrogen-bond acceptors (Lipinski definition) is 3. The summed E-state index contributed by atoms with van der Waals surface area (Å²) in [5.41, 5.74) is 1.80. The SMILES string of the molecule is CCNC(Cc1ccccc1F)c1sc(C)nc1C. The van der Waals surface area contributed by atoms with E-state index in [1.54, 1.807) is 17.4 Å². The van der Waals surface area contributed by atoms with Gasteiger partial charge in [-0.3, -0.25) is 0 Å². The lowest BCUT2D eigenvalue weighted by molar-refractivity contribution is 0.532. The van der Waals surface area contributed by atoms with Crippen LogP contribution in [0.3, 0.4) is 0 Å². The van der Waals surface area contributed by atoms with Gasteiger partial charge in [-0.25, -0.2) is 9.37 Å². The van der Waals surface area contributed by atoms with Crippen LogP contribution < -0.4 is 5.32 Å². The van der Waals surface area contributed by atoms with Crippen molar-refractivity contribution in [2.45, 2.75) is 33.2 Å². The highest BCUT2D eigenvalue weighted by Gasteiger charge is 2.18. The number of benzene rings is 1. The Morgan fingerprint density at radius 1 is 1.32 bits per heavy atom. The van der Waals surface area contributed by atoms with E-state index in [4.69, 9.17) is 0 Å². The third-order valence-electron chi connectivity index (χ3n) is 3.09. The third kappa shape index (κ3) is 3.39. The molecule has 1 unspecified atom stereocenters. The molecule has 1 heterocycles. The molecule has 0 spiro atoms. The van der Waals surface area contributed by atoms with E-state index in [-0.39, 0.29) is 11.9 Å². The van der Waals surface area contributed by atoms with Crippen LogP contribution in [-0.2, 0) is 6.42 Å². The summed E-state index contributed by atoms with van der Waals surface area (Å²) in [7, 11) is 0. The van der Waals surface area contributed by atoms with Gasteiger partial charge < -0.3 is 5.32 Å². The highest BCUT2D eigenvalue weighted by molar-refractivity contribution is 7.11. The van der Waals surface area contributed by atoms with Crippen molar-refractivity contribution in [2.24, 2.45) is 0 Å². The molecular weight excluding hydrogens is 259 g/mol. The Bertz CT molecular complexity index is 551. The van der Waals surface area contributed by atoms with E-state index in [2.05, 4.69) is 17.2 Å². The van der Waals surface area contributed by atoms with E-state index in [1.807, 2.05) is 26.0 Å². The van der Waals surface area contributed by atoms with Crippen molar-refractivity contribution in [1.82, 2.24) is 10.3 Å². The van der Waals surface area contributed by atoms with E-state index in [0.29, 0.717) is 6.42 Å². The van der Waals surface area contributed by atoms with Crippen molar-refractivity contribution in [3.05, 3.63) is 51.2 Å². The number of aryl methyl sites for hydroxylation is 2. The van der Waals surface area contributed by atoms with Crippen LogP contribution in [0, 0.1) is 19.7 Å². The summed E-state index contributed by atoms with van der Waals surface area (Å²) in [5, 5.41) is 4.49. The molecular formula is C15H19FN2S. The number of thiazole rings is 1. The molecule has 102 valence electrons. The summed E-state index contributed by atoms with van der Waals surface area (Å²) >= 11 is 1.69. The molecule has 19 heavy (non-hydrogen) atoms. The zero-order chi connectivity index (χ0) is 13.8. The molecule has 2 aromatic rings. The normalized spacial score (nSPS) is 12.6. The molecule has 0 fully saturated rings. The van der Waals surface area contributed by atoms with Gasteiger partial charge in [0.1, 0.15) is 5.82 Å². The van der Waals surface area contributed by atoms with Gasteiger partial charge in [0.2, 0.25) is 0 Å². The van der Waals surface area contributed by atoms with Gasteiger partial charge in [-0.05, 0) is 38.4 Å². The monoisotopic (exact) mass is 278 g/mol. The predicted octanol–water partition coefficient (Wildman–Crippen LogP) is 3.79. The standard InChI is InChI=1S/C15H19FN2S/c1-4-17-14(15-10(2)18-11(3)19-15)9-12-7-5-6-8-13(12)16/h5-8,14,17H,4,9H2,1-3H3. The second-order valence-corrected chi connectivity index (χ2v) is 5.82. The summed E-state index contributed by atoms with van der Waals surface area (Å²) in [4.78, 5) is 5.67. The molecule has 2 rings (SSSR count). The van der Waals surface area contributed by atoms with Gasteiger partial charge in [-0.2, -0.15) is 0 Å². The van der Waals surface area contributed by atoms with E-state index >= 15 is 0 Å². The van der Waals surface area contributed by atoms with Gasteiger partial charge in [-0.15, -0.1) is 11.3 Å². The molecule has 0 radical (unpaired) electrons. The molecule has 1 N–H and O–H groups in total. The average Bonchev–Trinajstić information content (AvgIpc) is 2.70. The first-order chi connectivity index (χ1) is 9.11. The lowest BCUT2D eigenvalue weighted by Gasteiger charge is -2.17. The van der Waals surface area contributed by atoms with E-state index < -0.39 is 0 Å². The van der Waals surface area contributed by atoms with Crippen LogP contribution in [0.15, 0.2) is 24.3 Å². The maximum absolute atomic E-state index is 13.8. The number of rotatable bonds is 5. The fourth-order valence-electron chi connectivity index (χ4n) is 2.26. The Kier molecular flexibility index (Phi) is 4.66. The number of halogens is 1. The smallest absolute Gasteiger partial charge is 0.126 e. The Hall–Kier alpha value is -1.26. The second-order valence-electron chi connectivity index (χ2n) is 4.59. The van der Waals surface area contributed by atoms with Crippen LogP contribution in [0.25, 0.3) is 0 Å². The van der Waals surface area contributed by atoms with E-state index in [9.17, 15) is 4.39 Å².